The van der Waals surface area contributed by atoms with E-state index in [2.05, 4.69) is 4.99 Å². The summed E-state index contributed by atoms with van der Waals surface area (Å²) in [6.07, 6.45) is 1.86. The van der Waals surface area contributed by atoms with Crippen LogP contribution in [0, 0.1) is 0 Å². The predicted molar refractivity (Wildman–Crippen MR) is 48.6 cm³/mol. The van der Waals surface area contributed by atoms with E-state index in [1.165, 1.54) is 0 Å². The summed E-state index contributed by atoms with van der Waals surface area (Å²) in [5.74, 6) is 0.555. The fraction of sp³-hybridized carbons (Fsp3) is 0.200. The van der Waals surface area contributed by atoms with Crippen LogP contribution < -0.4 is 0 Å². The molecule has 1 aromatic rings. The zero-order valence-corrected chi connectivity index (χ0v) is 6.99. The lowest BCUT2D eigenvalue weighted by molar-refractivity contribution is 0.348. The molecule has 0 saturated heterocycles. The van der Waals surface area contributed by atoms with Crippen LogP contribution in [-0.4, -0.2) is 25.3 Å². The minimum Gasteiger partial charge on any atom is -0.475 e. The highest BCUT2D eigenvalue weighted by atomic mass is 16.5. The highest BCUT2D eigenvalue weighted by molar-refractivity contribution is 6.01. The summed E-state index contributed by atoms with van der Waals surface area (Å²) in [4.78, 5) is 14.7. The molecular formula is C10H8NO2. The van der Waals surface area contributed by atoms with E-state index < -0.39 is 0 Å². The summed E-state index contributed by atoms with van der Waals surface area (Å²) in [6, 6.07) is 7.15. The normalized spacial score (nSPS) is 14.9. The molecule has 13 heavy (non-hydrogen) atoms. The Morgan fingerprint density at radius 1 is 1.38 bits per heavy atom. The molecule has 1 aromatic carbocycles. The van der Waals surface area contributed by atoms with Crippen LogP contribution in [0.4, 0.5) is 0 Å². The molecule has 1 radical (unpaired) electrons. The Labute approximate surface area is 76.1 Å². The first-order valence-corrected chi connectivity index (χ1v) is 4.06. The van der Waals surface area contributed by atoms with Crippen LogP contribution in [0.25, 0.3) is 0 Å². The summed E-state index contributed by atoms with van der Waals surface area (Å²) in [5.41, 5.74) is 1.23. The molecule has 2 rings (SSSR count). The SMILES string of the molecule is O=[C]c1ccccc1C1=NCCO1. The highest BCUT2D eigenvalue weighted by Gasteiger charge is 2.13. The van der Waals surface area contributed by atoms with E-state index in [-0.39, 0.29) is 0 Å². The molecule has 0 amide bonds. The molecule has 0 atom stereocenters. The zero-order chi connectivity index (χ0) is 9.10. The minimum atomic E-state index is 0.503. The second-order valence-corrected chi connectivity index (χ2v) is 2.68. The second-order valence-electron chi connectivity index (χ2n) is 2.68. The molecule has 0 aliphatic carbocycles. The van der Waals surface area contributed by atoms with Crippen LogP contribution in [0.2, 0.25) is 0 Å². The van der Waals surface area contributed by atoms with Crippen LogP contribution in [0.15, 0.2) is 29.3 Å². The quantitative estimate of drug-likeness (QED) is 0.668. The van der Waals surface area contributed by atoms with Gasteiger partial charge in [-0.1, -0.05) is 18.2 Å². The van der Waals surface area contributed by atoms with E-state index in [0.29, 0.717) is 24.6 Å². The number of nitrogens with zero attached hydrogens (tertiary/aromatic N) is 1. The lowest BCUT2D eigenvalue weighted by Crippen LogP contribution is -2.04. The summed E-state index contributed by atoms with van der Waals surface area (Å²) in [7, 11) is 0. The van der Waals surface area contributed by atoms with Gasteiger partial charge in [0.05, 0.1) is 6.54 Å². The molecule has 3 heteroatoms. The maximum Gasteiger partial charge on any atom is 0.234 e. The van der Waals surface area contributed by atoms with Crippen molar-refractivity contribution >= 4 is 12.2 Å². The predicted octanol–water partition coefficient (Wildman–Crippen LogP) is 0.921. The second kappa shape index (κ2) is 3.39. The van der Waals surface area contributed by atoms with Crippen molar-refractivity contribution in [2.45, 2.75) is 0 Å². The number of hydrogen-bond donors (Lipinski definition) is 0. The van der Waals surface area contributed by atoms with Gasteiger partial charge in [-0.3, -0.25) is 4.79 Å². The largest absolute Gasteiger partial charge is 0.475 e. The van der Waals surface area contributed by atoms with Crippen molar-refractivity contribution < 1.29 is 9.53 Å². The molecule has 0 bridgehead atoms. The van der Waals surface area contributed by atoms with Gasteiger partial charge in [-0.2, -0.15) is 0 Å². The summed E-state index contributed by atoms with van der Waals surface area (Å²) < 4.78 is 5.25. The molecule has 0 spiro atoms. The van der Waals surface area contributed by atoms with E-state index >= 15 is 0 Å². The average molecular weight is 174 g/mol. The van der Waals surface area contributed by atoms with Crippen LogP contribution >= 0.6 is 0 Å². The van der Waals surface area contributed by atoms with E-state index in [0.717, 1.165) is 5.56 Å². The Balaban J connectivity index is 2.43. The highest BCUT2D eigenvalue weighted by Crippen LogP contribution is 2.11. The lowest BCUT2D eigenvalue weighted by Gasteiger charge is -2.02. The third-order valence-electron chi connectivity index (χ3n) is 1.85. The maximum absolute atomic E-state index is 10.5. The van der Waals surface area contributed by atoms with Gasteiger partial charge in [0, 0.05) is 11.1 Å². The molecule has 65 valence electrons. The van der Waals surface area contributed by atoms with Crippen molar-refractivity contribution in [3.05, 3.63) is 35.4 Å². The maximum atomic E-state index is 10.5. The molecule has 1 aliphatic rings. The molecular weight excluding hydrogens is 166 g/mol. The topological polar surface area (TPSA) is 38.7 Å². The third kappa shape index (κ3) is 1.45. The number of rotatable bonds is 2. The van der Waals surface area contributed by atoms with Crippen molar-refractivity contribution in [1.29, 1.82) is 0 Å². The number of hydrogen-bond acceptors (Lipinski definition) is 3. The van der Waals surface area contributed by atoms with Crippen molar-refractivity contribution in [2.24, 2.45) is 4.99 Å². The van der Waals surface area contributed by atoms with Crippen molar-refractivity contribution in [1.82, 2.24) is 0 Å². The monoisotopic (exact) mass is 174 g/mol. The Morgan fingerprint density at radius 3 is 2.92 bits per heavy atom. The van der Waals surface area contributed by atoms with Crippen molar-refractivity contribution in [3.8, 4) is 0 Å². The Kier molecular flexibility index (Phi) is 2.08. The molecule has 0 aromatic heterocycles. The van der Waals surface area contributed by atoms with Gasteiger partial charge >= 0.3 is 0 Å². The number of ether oxygens (including phenoxy) is 1. The van der Waals surface area contributed by atoms with Gasteiger partial charge in [0.15, 0.2) is 0 Å². The van der Waals surface area contributed by atoms with Gasteiger partial charge in [-0.25, -0.2) is 4.99 Å². The summed E-state index contributed by atoms with van der Waals surface area (Å²) in [6.45, 7) is 1.27. The molecule has 3 nitrogen and oxygen atoms in total. The van der Waals surface area contributed by atoms with E-state index in [9.17, 15) is 4.79 Å². The van der Waals surface area contributed by atoms with Gasteiger partial charge < -0.3 is 4.74 Å². The van der Waals surface area contributed by atoms with Gasteiger partial charge in [-0.05, 0) is 6.07 Å². The van der Waals surface area contributed by atoms with Crippen LogP contribution in [0.3, 0.4) is 0 Å². The van der Waals surface area contributed by atoms with E-state index in [1.807, 2.05) is 18.4 Å². The van der Waals surface area contributed by atoms with Crippen LogP contribution in [0.5, 0.6) is 0 Å². The summed E-state index contributed by atoms with van der Waals surface area (Å²) in [5, 5.41) is 0. The smallest absolute Gasteiger partial charge is 0.234 e. The standard InChI is InChI=1S/C10H8NO2/c12-7-8-3-1-2-4-9(8)10-11-5-6-13-10/h1-4H,5-6H2. The Morgan fingerprint density at radius 2 is 2.23 bits per heavy atom. The first kappa shape index (κ1) is 7.98. The van der Waals surface area contributed by atoms with Gasteiger partial charge in [0.1, 0.15) is 6.61 Å². The van der Waals surface area contributed by atoms with Crippen molar-refractivity contribution in [2.75, 3.05) is 13.2 Å². The van der Waals surface area contributed by atoms with Gasteiger partial charge in [0.25, 0.3) is 0 Å². The molecule has 1 aliphatic heterocycles. The van der Waals surface area contributed by atoms with Gasteiger partial charge in [0.2, 0.25) is 12.2 Å². The number of benzene rings is 1. The molecule has 0 fully saturated rings. The minimum absolute atomic E-state index is 0.503. The molecule has 0 N–H and O–H groups in total. The fourth-order valence-corrected chi connectivity index (χ4v) is 1.26. The third-order valence-corrected chi connectivity index (χ3v) is 1.85. The Hall–Kier alpha value is -1.64. The molecule has 0 saturated carbocycles. The number of aliphatic imine (C=N–C) groups is 1. The Bertz CT molecular complexity index is 358. The lowest BCUT2D eigenvalue weighted by atomic mass is 10.1. The van der Waals surface area contributed by atoms with Gasteiger partial charge in [-0.15, -0.1) is 0 Å². The first-order valence-electron chi connectivity index (χ1n) is 4.06. The van der Waals surface area contributed by atoms with E-state index in [1.54, 1.807) is 12.1 Å². The fourth-order valence-electron chi connectivity index (χ4n) is 1.26. The van der Waals surface area contributed by atoms with Crippen LogP contribution in [0.1, 0.15) is 11.1 Å². The van der Waals surface area contributed by atoms with Crippen LogP contribution in [-0.2, 0) is 9.53 Å². The first-order chi connectivity index (χ1) is 6.42. The summed E-state index contributed by atoms with van der Waals surface area (Å²) >= 11 is 0. The van der Waals surface area contributed by atoms with E-state index in [4.69, 9.17) is 4.74 Å². The average Bonchev–Trinajstić information content (AvgIpc) is 2.70. The number of carbonyl (C=O) groups excluding carboxylic acids is 1. The zero-order valence-electron chi connectivity index (χ0n) is 6.99. The molecule has 0 unspecified atom stereocenters. The van der Waals surface area contributed by atoms with Crippen molar-refractivity contribution in [3.63, 3.8) is 0 Å². The molecule has 1 heterocycles.